The maximum atomic E-state index is 8.39. The minimum Gasteiger partial charge on any atom is -0.198 e. The van der Waals surface area contributed by atoms with E-state index in [-0.39, 0.29) is 51.7 Å². The summed E-state index contributed by atoms with van der Waals surface area (Å²) >= 11 is 0. The van der Waals surface area contributed by atoms with E-state index in [0.717, 1.165) is 11.5 Å². The van der Waals surface area contributed by atoms with Crippen LogP contribution < -0.4 is 0 Å². The third-order valence-corrected chi connectivity index (χ3v) is 20.4. The van der Waals surface area contributed by atoms with Crippen LogP contribution in [0.2, 0.25) is 24.7 Å². The van der Waals surface area contributed by atoms with Gasteiger partial charge < -0.3 is 0 Å². The molecule has 0 unspecified atom stereocenters. The van der Waals surface area contributed by atoms with Crippen molar-refractivity contribution in [2.24, 2.45) is 28.5 Å². The van der Waals surface area contributed by atoms with Crippen LogP contribution >= 0.6 is 0 Å². The second-order valence-electron chi connectivity index (χ2n) is 38.3. The lowest BCUT2D eigenvalue weighted by Crippen LogP contribution is -2.32. The second-order valence-corrected chi connectivity index (χ2v) is 44.3. The van der Waals surface area contributed by atoms with E-state index in [1.807, 2.05) is 69.2 Å². The average Bonchev–Trinajstić information content (AvgIpc) is 0.783. The van der Waals surface area contributed by atoms with Gasteiger partial charge in [0.25, 0.3) is 0 Å². The molecule has 0 amide bonds. The van der Waals surface area contributed by atoms with Crippen LogP contribution in [0.1, 0.15) is 413 Å². The molecule has 92 heavy (non-hydrogen) atoms. The van der Waals surface area contributed by atoms with Crippen LogP contribution in [0, 0.1) is 39.9 Å². The molecule has 0 aliphatic carbocycles. The van der Waals surface area contributed by atoms with Gasteiger partial charge in [0.1, 0.15) is 0 Å². The van der Waals surface area contributed by atoms with Gasteiger partial charge in [-0.2, -0.15) is 5.26 Å². The zero-order chi connectivity index (χ0) is 76.7. The molecule has 0 N–H and O–H groups in total. The molecule has 0 aliphatic heterocycles. The molecular formula is C90H167NSi. The first-order valence-corrected chi connectivity index (χ1v) is 39.0. The van der Waals surface area contributed by atoms with Gasteiger partial charge in [0.05, 0.1) is 6.07 Å². The van der Waals surface area contributed by atoms with E-state index in [1.54, 1.807) is 22.3 Å². The van der Waals surface area contributed by atoms with E-state index in [2.05, 4.69) is 340 Å². The molecule has 0 aliphatic rings. The molecule has 4 aromatic rings. The predicted molar refractivity (Wildman–Crippen MR) is 434 cm³/mol. The molecule has 0 saturated carbocycles. The molecule has 0 fully saturated rings. The van der Waals surface area contributed by atoms with Crippen LogP contribution in [-0.2, 0) is 27.1 Å². The Morgan fingerprint density at radius 1 is 0.370 bits per heavy atom. The summed E-state index contributed by atoms with van der Waals surface area (Å²) in [7, 11) is -0.859. The Morgan fingerprint density at radius 3 is 0.815 bits per heavy atom. The molecule has 0 bridgehead atoms. The van der Waals surface area contributed by atoms with Crippen molar-refractivity contribution in [3.8, 4) is 6.07 Å². The van der Waals surface area contributed by atoms with Crippen LogP contribution in [0.3, 0.4) is 0 Å². The van der Waals surface area contributed by atoms with Crippen LogP contribution in [0.5, 0.6) is 0 Å². The first-order chi connectivity index (χ1) is 41.0. The van der Waals surface area contributed by atoms with Gasteiger partial charge in [-0.05, 0) is 173 Å². The van der Waals surface area contributed by atoms with Gasteiger partial charge in [0.2, 0.25) is 0 Å². The third kappa shape index (κ3) is 43.6. The van der Waals surface area contributed by atoms with Crippen molar-refractivity contribution < 1.29 is 4.11 Å². The average molecular weight is 1290 g/mol. The van der Waals surface area contributed by atoms with Crippen molar-refractivity contribution >= 4 is 8.07 Å². The minimum absolute atomic E-state index is 0. The Kier molecular flexibility index (Phi) is 42.7. The lowest BCUT2D eigenvalue weighted by Gasteiger charge is -2.33. The number of nitriles is 1. The topological polar surface area (TPSA) is 23.8 Å². The summed E-state index contributed by atoms with van der Waals surface area (Å²) in [5, 5.41) is 8.73. The Hall–Kier alpha value is -3.41. The third-order valence-electron chi connectivity index (χ3n) is 15.9. The molecule has 536 valence electrons. The van der Waals surface area contributed by atoms with E-state index in [9.17, 15) is 0 Å². The molecule has 4 aromatic carbocycles. The number of nitrogens with zero attached hydrogens (tertiary/aromatic N) is 1. The van der Waals surface area contributed by atoms with E-state index in [0.29, 0.717) is 40.0 Å². The highest BCUT2D eigenvalue weighted by Gasteiger charge is 2.31. The number of benzene rings is 4. The lowest BCUT2D eigenvalue weighted by molar-refractivity contribution is 0.283. The smallest absolute Gasteiger partial charge is 0.0680 e. The molecular weight excluding hydrogens is 1120 g/mol. The Morgan fingerprint density at radius 2 is 0.630 bits per heavy atom. The number of hydrogen-bond acceptors (Lipinski definition) is 1. The second kappa shape index (κ2) is 42.3. The fourth-order valence-corrected chi connectivity index (χ4v) is 8.58. The molecule has 4 rings (SSSR count). The van der Waals surface area contributed by atoms with Gasteiger partial charge >= 0.3 is 0 Å². The fourth-order valence-electron chi connectivity index (χ4n) is 8.58. The van der Waals surface area contributed by atoms with Gasteiger partial charge in [0.15, 0.2) is 0 Å². The van der Waals surface area contributed by atoms with E-state index in [1.165, 1.54) is 33.4 Å². The molecule has 0 saturated heterocycles. The zero-order valence-corrected chi connectivity index (χ0v) is 71.4. The predicted octanol–water partition coefficient (Wildman–Crippen LogP) is 31.3. The maximum Gasteiger partial charge on any atom is 0.0680 e. The highest BCUT2D eigenvalue weighted by Crippen LogP contribution is 2.41. The summed E-state index contributed by atoms with van der Waals surface area (Å²) in [6, 6.07) is 30.8. The van der Waals surface area contributed by atoms with Gasteiger partial charge in [-0.15, -0.1) is 0 Å². The van der Waals surface area contributed by atoms with Crippen LogP contribution in [0.25, 0.3) is 0 Å². The summed E-state index contributed by atoms with van der Waals surface area (Å²) in [5.41, 5.74) is 16.9. The summed E-state index contributed by atoms with van der Waals surface area (Å²) in [5.74, 6) is 2.71. The van der Waals surface area contributed by atoms with Gasteiger partial charge in [-0.25, -0.2) is 0 Å². The van der Waals surface area contributed by atoms with Crippen molar-refractivity contribution in [3.05, 3.63) is 140 Å². The van der Waals surface area contributed by atoms with Crippen molar-refractivity contribution in [1.82, 2.24) is 0 Å². The van der Waals surface area contributed by atoms with Crippen molar-refractivity contribution in [2.75, 3.05) is 0 Å². The summed E-state index contributed by atoms with van der Waals surface area (Å²) in [6.45, 7) is 103. The van der Waals surface area contributed by atoms with Crippen LogP contribution in [0.15, 0.2) is 78.9 Å². The normalized spacial score (nSPS) is 13.0. The highest BCUT2D eigenvalue weighted by molar-refractivity contribution is 6.78. The Bertz CT molecular complexity index is 2580. The summed E-state index contributed by atoms with van der Waals surface area (Å²) < 4.78 is 22.9. The SMILES string of the molecule is C.CC(C)(C)C#N.CC(C)(C)[Si](C)(C)C.CC(C)(C)c1ccccc1.CC(C)C.CC(C)c1cc(C(C)C)c(C(C)(C)C)c(C(C)C)c1.CC(C)c1cccc(C(C)C)c1C(C)(C)C.[2H]C(C)(C)C.[2H]C(C)(C)C(C)(C)C.[2H]C(C)(C)c1cccc(C(C)(C)C)c1C(C)(C)C. The molecule has 0 atom stereocenters. The maximum absolute atomic E-state index is 8.39. The molecule has 0 radical (unpaired) electrons. The summed E-state index contributed by atoms with van der Waals surface area (Å²) in [4.78, 5) is 0. The van der Waals surface area contributed by atoms with Crippen molar-refractivity contribution in [3.63, 3.8) is 0 Å². The summed E-state index contributed by atoms with van der Waals surface area (Å²) in [6.07, 6.45) is 0. The van der Waals surface area contributed by atoms with E-state index in [4.69, 9.17) is 9.37 Å². The van der Waals surface area contributed by atoms with Crippen LogP contribution in [-0.4, -0.2) is 8.07 Å². The molecule has 0 aromatic heterocycles. The fraction of sp³-hybridized carbons (Fsp3) is 0.722. The molecule has 0 spiro atoms. The molecule has 1 nitrogen and oxygen atoms in total. The monoisotopic (exact) mass is 1290 g/mol. The van der Waals surface area contributed by atoms with Gasteiger partial charge in [-0.3, -0.25) is 0 Å². The molecule has 0 heterocycles. The van der Waals surface area contributed by atoms with Gasteiger partial charge in [0, 0.05) is 17.6 Å². The number of hydrogen-bond donors (Lipinski definition) is 0. The zero-order valence-electron chi connectivity index (χ0n) is 73.4. The van der Waals surface area contributed by atoms with E-state index >= 15 is 0 Å². The quantitative estimate of drug-likeness (QED) is 0.177. The van der Waals surface area contributed by atoms with Crippen LogP contribution in [0.4, 0.5) is 0 Å². The number of rotatable bonds is 6. The van der Waals surface area contributed by atoms with Crippen molar-refractivity contribution in [2.45, 2.75) is 399 Å². The molecule has 2 heteroatoms. The van der Waals surface area contributed by atoms with Gasteiger partial charge in [-0.1, -0.05) is 390 Å². The standard InChI is InChI=1S/C19H32.C17H28.C16H26.C10H14.C7H18Si.C7H16.C5H9N.2C4H10.CH4/c1-12(2)15-10-16(13(3)4)18(19(7,8)9)17(11-15)14(5)6;1-12(2)13-10-9-11-14(16(3,4)5)15(13)17(6,7)8;1-11(2)13-9-8-10-14(12(3)4)15(13)16(5,6)7;1-10(2,3)9-7-5-4-6-8-9;1-7(2,3)8(4,5)6;1-6(2)7(3,4)5;1-5(2,3)4-6;2*1-4(2)3;/h10-14H,1-9H3;9-12H,1-8H3;8-12H,1-7H3;4-8H,1-3H3;1-6H3;6H,1-5H3;1-3H3;2*4H,1-3H3;1H4/i;12D;;;;6D;;4D;;. The Labute approximate surface area is 588 Å². The first kappa shape index (κ1) is 92.8. The first-order valence-electron chi connectivity index (χ1n) is 37.0. The minimum atomic E-state index is -0.859. The Balaban J connectivity index is -0.000000244. The van der Waals surface area contributed by atoms with Crippen molar-refractivity contribution in [1.29, 1.82) is 5.26 Å². The lowest BCUT2D eigenvalue weighted by atomic mass is 9.71. The highest BCUT2D eigenvalue weighted by atomic mass is 28.3. The largest absolute Gasteiger partial charge is 0.198 e. The van der Waals surface area contributed by atoms with E-state index < -0.39 is 14.0 Å².